The van der Waals surface area contributed by atoms with Gasteiger partial charge < -0.3 is 44.3 Å². The molecule has 1 saturated carbocycles. The summed E-state index contributed by atoms with van der Waals surface area (Å²) >= 11 is 0. The van der Waals surface area contributed by atoms with E-state index in [0.29, 0.717) is 70.5 Å². The number of aliphatic hydroxyl groups excluding tert-OH is 3. The lowest BCUT2D eigenvalue weighted by Crippen LogP contribution is -2.61. The molecule has 0 radical (unpaired) electrons. The maximum absolute atomic E-state index is 14.3. The Morgan fingerprint density at radius 2 is 1.65 bits per heavy atom. The van der Waals surface area contributed by atoms with Crippen molar-refractivity contribution in [3.63, 3.8) is 0 Å². The maximum Gasteiger partial charge on any atom is 0.329 e. The number of ether oxygens (including phenoxy) is 3. The third-order valence-electron chi connectivity index (χ3n) is 14.6. The number of hydrogen-bond acceptors (Lipinski definition) is 13. The van der Waals surface area contributed by atoms with E-state index in [-0.39, 0.29) is 61.0 Å². The Morgan fingerprint density at radius 3 is 2.32 bits per heavy atom. The lowest BCUT2D eigenvalue weighted by Gasteiger charge is -2.42. The molecule has 14 heteroatoms. The first-order valence-corrected chi connectivity index (χ1v) is 23.9. The highest BCUT2D eigenvalue weighted by Gasteiger charge is 2.53. The zero-order chi connectivity index (χ0) is 48.2. The summed E-state index contributed by atoms with van der Waals surface area (Å²) < 4.78 is 18.2. The topological polar surface area (TPSA) is 214 Å². The first kappa shape index (κ1) is 54.0. The van der Waals surface area contributed by atoms with Crippen LogP contribution in [0.1, 0.15) is 126 Å². The molecule has 2 saturated heterocycles. The molecule has 2 bridgehead atoms. The average molecular weight is 912 g/mol. The number of aliphatic hydroxyl groups is 4. The summed E-state index contributed by atoms with van der Waals surface area (Å²) in [6.07, 6.45) is 12.1. The van der Waals surface area contributed by atoms with Gasteiger partial charge in [-0.05, 0) is 107 Å². The van der Waals surface area contributed by atoms with Crippen LogP contribution in [0.3, 0.4) is 0 Å². The fourth-order valence-electron chi connectivity index (χ4n) is 10.2. The number of aldehydes is 1. The van der Waals surface area contributed by atoms with Crippen LogP contribution in [0.5, 0.6) is 0 Å². The van der Waals surface area contributed by atoms with Gasteiger partial charge in [-0.2, -0.15) is 0 Å². The molecule has 0 aromatic heterocycles. The Morgan fingerprint density at radius 1 is 0.923 bits per heavy atom. The number of allylic oxidation sites excluding steroid dienone is 6. The number of methoxy groups -OCH3 is 1. The van der Waals surface area contributed by atoms with Gasteiger partial charge in [0.05, 0.1) is 24.4 Å². The zero-order valence-electron chi connectivity index (χ0n) is 39.9. The molecule has 0 aromatic carbocycles. The molecule has 4 N–H and O–H groups in total. The van der Waals surface area contributed by atoms with Gasteiger partial charge in [0.15, 0.2) is 0 Å². The smallest absolute Gasteiger partial charge is 0.329 e. The van der Waals surface area contributed by atoms with Gasteiger partial charge in [0.1, 0.15) is 35.9 Å². The summed E-state index contributed by atoms with van der Waals surface area (Å²) in [5.41, 5.74) is 1.13. The van der Waals surface area contributed by atoms with Crippen LogP contribution in [0.4, 0.5) is 0 Å². The van der Waals surface area contributed by atoms with Crippen molar-refractivity contribution in [1.82, 2.24) is 4.90 Å². The summed E-state index contributed by atoms with van der Waals surface area (Å²) in [6.45, 7) is 12.2. The highest BCUT2D eigenvalue weighted by molar-refractivity contribution is 6.39. The molecule has 3 heterocycles. The molecule has 14 nitrogen and oxygen atoms in total. The van der Waals surface area contributed by atoms with Gasteiger partial charge >= 0.3 is 5.97 Å². The number of Topliss-reactive ketones (excluding diaryl/α,β-unsaturated/α-hetero) is 3. The van der Waals surface area contributed by atoms with E-state index in [2.05, 4.69) is 0 Å². The molecule has 364 valence electrons. The van der Waals surface area contributed by atoms with Gasteiger partial charge in [-0.25, -0.2) is 4.79 Å². The molecule has 5 unspecified atom stereocenters. The number of esters is 1. The van der Waals surface area contributed by atoms with Crippen molar-refractivity contribution < 1.29 is 63.4 Å². The molecule has 65 heavy (non-hydrogen) atoms. The molecule has 1 amide bonds. The van der Waals surface area contributed by atoms with Crippen molar-refractivity contribution in [1.29, 1.82) is 0 Å². The second kappa shape index (κ2) is 24.9. The standard InChI is InChI=1S/C51H77NO13/c1-30-14-10-9-11-15-31(2)44(63-8)26-39-19-17-36(7)51(62,65-39)48(59)49(60)52-21-13-12-16-41(52)50(61)64-45(33(4)24-37-18-20-42(55)38(25-37)28-53)27-43(56)32(3)23-35(6)47(58)40(29-54)46(57)34(5)22-30/h9-11,14-15,23,29-30,32-34,36-42,44-45,47,53,55,58,62H,12-13,16-22,24-28H2,1-8H3/b11-9+,14-10+,31-15+,35-23+/t30?,32-,33?,34-,36-,37?,38+,39?,40?,41+,42-,44+,45+,47-,51-/m1/s1. The van der Waals surface area contributed by atoms with Crippen LogP contribution in [0.2, 0.25) is 0 Å². The van der Waals surface area contributed by atoms with Crippen molar-refractivity contribution in [3.05, 3.63) is 47.6 Å². The Balaban J connectivity index is 1.70. The lowest BCUT2D eigenvalue weighted by molar-refractivity contribution is -0.265. The van der Waals surface area contributed by atoms with Gasteiger partial charge in [-0.15, -0.1) is 0 Å². The average Bonchev–Trinajstić information content (AvgIpc) is 3.28. The summed E-state index contributed by atoms with van der Waals surface area (Å²) in [4.78, 5) is 83.8. The van der Waals surface area contributed by atoms with E-state index < -0.39 is 89.5 Å². The minimum absolute atomic E-state index is 0.0460. The normalized spacial score (nSPS) is 40.3. The maximum atomic E-state index is 14.3. The first-order valence-electron chi connectivity index (χ1n) is 23.9. The second-order valence-electron chi connectivity index (χ2n) is 19.8. The van der Waals surface area contributed by atoms with Crippen LogP contribution >= 0.6 is 0 Å². The van der Waals surface area contributed by atoms with Gasteiger partial charge in [0.25, 0.3) is 11.7 Å². The first-order chi connectivity index (χ1) is 30.7. The van der Waals surface area contributed by atoms with Crippen molar-refractivity contribution in [2.24, 2.45) is 47.3 Å². The molecule has 3 fully saturated rings. The predicted molar refractivity (Wildman–Crippen MR) is 244 cm³/mol. The Hall–Kier alpha value is -3.66. The molecule has 3 aliphatic heterocycles. The number of rotatable bonds is 6. The number of cyclic esters (lactones) is 1. The van der Waals surface area contributed by atoms with Crippen LogP contribution in [0.25, 0.3) is 0 Å². The van der Waals surface area contributed by atoms with Gasteiger partial charge in [-0.1, -0.05) is 71.1 Å². The van der Waals surface area contributed by atoms with Gasteiger partial charge in [0, 0.05) is 56.8 Å². The highest BCUT2D eigenvalue weighted by Crippen LogP contribution is 2.38. The van der Waals surface area contributed by atoms with Crippen molar-refractivity contribution in [2.75, 3.05) is 20.3 Å². The summed E-state index contributed by atoms with van der Waals surface area (Å²) in [5, 5.41) is 43.6. The minimum Gasteiger partial charge on any atom is -0.460 e. The van der Waals surface area contributed by atoms with Gasteiger partial charge in [-0.3, -0.25) is 19.2 Å². The number of carbonyl (C=O) groups is 6. The van der Waals surface area contributed by atoms with Crippen LogP contribution in [0.15, 0.2) is 47.6 Å². The largest absolute Gasteiger partial charge is 0.460 e. The van der Waals surface area contributed by atoms with Crippen LogP contribution < -0.4 is 0 Å². The second-order valence-corrected chi connectivity index (χ2v) is 19.8. The molecule has 0 spiro atoms. The molecule has 4 aliphatic rings. The van der Waals surface area contributed by atoms with E-state index in [1.807, 2.05) is 51.2 Å². The van der Waals surface area contributed by atoms with E-state index >= 15 is 0 Å². The van der Waals surface area contributed by atoms with Crippen LogP contribution in [-0.2, 0) is 43.0 Å². The molecular weight excluding hydrogens is 835 g/mol. The van der Waals surface area contributed by atoms with Crippen LogP contribution in [-0.4, -0.2) is 123 Å². The van der Waals surface area contributed by atoms with E-state index in [0.717, 1.165) is 10.5 Å². The third-order valence-corrected chi connectivity index (χ3v) is 14.6. The summed E-state index contributed by atoms with van der Waals surface area (Å²) in [6, 6.07) is -1.17. The molecule has 15 atom stereocenters. The summed E-state index contributed by atoms with van der Waals surface area (Å²) in [7, 11) is 1.56. The summed E-state index contributed by atoms with van der Waals surface area (Å²) in [5.74, 6) is -10.3. The van der Waals surface area contributed by atoms with E-state index in [4.69, 9.17) is 14.2 Å². The lowest BCUT2D eigenvalue weighted by atomic mass is 9.75. The number of fused-ring (bicyclic) bond motifs is 3. The Labute approximate surface area is 385 Å². The van der Waals surface area contributed by atoms with Crippen molar-refractivity contribution in [2.45, 2.75) is 168 Å². The number of amides is 1. The van der Waals surface area contributed by atoms with E-state index in [1.54, 1.807) is 34.8 Å². The molecule has 4 rings (SSSR count). The SMILES string of the molecule is CO[C@H]1CC2CC[C@@H](C)[C@@](O)(O2)C(=O)C(=O)N2CCCC[C@H]2C(=O)O[C@H](C(C)CC2CC[C@@H](O)[C@H](CO)C2)CC(=O)[C@H](C)/C=C(\C)[C@@H](O)C(C=O)C(=O)[C@H](C)CC(C)/C=C/C=C/C=C/1C. The predicted octanol–water partition coefficient (Wildman–Crippen LogP) is 5.57. The minimum atomic E-state index is -2.45. The van der Waals surface area contributed by atoms with E-state index in [9.17, 15) is 49.2 Å². The number of piperidine rings is 1. The Bertz CT molecular complexity index is 1790. The highest BCUT2D eigenvalue weighted by atomic mass is 16.6. The van der Waals surface area contributed by atoms with Gasteiger partial charge in [0.2, 0.25) is 5.79 Å². The Kier molecular flexibility index (Phi) is 20.7. The molecule has 0 aromatic rings. The fourth-order valence-corrected chi connectivity index (χ4v) is 10.2. The van der Waals surface area contributed by atoms with Crippen molar-refractivity contribution >= 4 is 35.5 Å². The number of nitrogens with zero attached hydrogens (tertiary/aromatic N) is 1. The quantitative estimate of drug-likeness (QED) is 0.0844. The zero-order valence-corrected chi connectivity index (χ0v) is 39.9. The van der Waals surface area contributed by atoms with E-state index in [1.165, 1.54) is 6.08 Å². The van der Waals surface area contributed by atoms with Crippen molar-refractivity contribution in [3.8, 4) is 0 Å². The monoisotopic (exact) mass is 912 g/mol. The molecule has 1 aliphatic carbocycles. The fraction of sp³-hybridized carbons (Fsp3) is 0.725. The third kappa shape index (κ3) is 14.2. The number of carbonyl (C=O) groups excluding carboxylic acids is 6. The number of ketones is 3. The molecular formula is C51H77NO13. The number of hydrogen-bond donors (Lipinski definition) is 4. The van der Waals surface area contributed by atoms with Crippen LogP contribution in [0, 0.1) is 47.3 Å².